The summed E-state index contributed by atoms with van der Waals surface area (Å²) in [5.74, 6) is 0.565. The first kappa shape index (κ1) is 27.6. The van der Waals surface area contributed by atoms with Gasteiger partial charge in [0.25, 0.3) is 0 Å². The molecule has 6 heterocycles. The van der Waals surface area contributed by atoms with Crippen LogP contribution in [0.25, 0.3) is 89.4 Å². The lowest BCUT2D eigenvalue weighted by molar-refractivity contribution is 1.16. The smallest absolute Gasteiger partial charge is 0.179 e. The number of pyridine rings is 5. The van der Waals surface area contributed by atoms with E-state index in [0.717, 1.165) is 77.9 Å². The first-order chi connectivity index (χ1) is 23.8. The molecule has 7 heteroatoms. The second-order valence-corrected chi connectivity index (χ2v) is 11.5. The van der Waals surface area contributed by atoms with Gasteiger partial charge in [0.1, 0.15) is 11.4 Å². The predicted octanol–water partition coefficient (Wildman–Crippen LogP) is 9.25. The van der Waals surface area contributed by atoms with Crippen LogP contribution in [0, 0.1) is 0 Å². The van der Waals surface area contributed by atoms with Crippen molar-refractivity contribution in [3.63, 3.8) is 0 Å². The number of aromatic nitrogens is 7. The van der Waals surface area contributed by atoms with Gasteiger partial charge in [0.05, 0.1) is 39.3 Å². The number of hydrogen-bond acceptors (Lipinski definition) is 7. The molecule has 6 aromatic heterocycles. The summed E-state index contributed by atoms with van der Waals surface area (Å²) in [5, 5.41) is 2.99. The first-order valence-electron chi connectivity index (χ1n) is 15.6. The highest BCUT2D eigenvalue weighted by Crippen LogP contribution is 2.34. The van der Waals surface area contributed by atoms with Crippen molar-refractivity contribution in [3.05, 3.63) is 152 Å². The highest BCUT2D eigenvalue weighted by Gasteiger charge is 2.15. The van der Waals surface area contributed by atoms with Crippen molar-refractivity contribution in [2.24, 2.45) is 0 Å². The lowest BCUT2D eigenvalue weighted by Crippen LogP contribution is -1.97. The Morgan fingerprint density at radius 2 is 0.958 bits per heavy atom. The van der Waals surface area contributed by atoms with Gasteiger partial charge in [-0.1, -0.05) is 66.7 Å². The number of benzene rings is 3. The van der Waals surface area contributed by atoms with Crippen molar-refractivity contribution < 1.29 is 0 Å². The molecule has 9 aromatic rings. The molecule has 0 aliphatic carbocycles. The average molecular weight is 616 g/mol. The molecule has 0 bridgehead atoms. The largest absolute Gasteiger partial charge is 0.255 e. The third-order valence-electron chi connectivity index (χ3n) is 8.44. The highest BCUT2D eigenvalue weighted by atomic mass is 14.9. The van der Waals surface area contributed by atoms with Crippen molar-refractivity contribution in [3.8, 4) is 56.7 Å². The molecule has 0 spiro atoms. The summed E-state index contributed by atoms with van der Waals surface area (Å²) in [7, 11) is 0. The number of rotatable bonds is 5. The minimum absolute atomic E-state index is 0.565. The Morgan fingerprint density at radius 1 is 0.354 bits per heavy atom. The molecule has 0 aliphatic rings. The molecule has 224 valence electrons. The predicted molar refractivity (Wildman–Crippen MR) is 191 cm³/mol. The zero-order valence-corrected chi connectivity index (χ0v) is 25.6. The molecule has 0 amide bonds. The Morgan fingerprint density at radius 3 is 1.67 bits per heavy atom. The van der Waals surface area contributed by atoms with E-state index in [-0.39, 0.29) is 0 Å². The van der Waals surface area contributed by atoms with Crippen LogP contribution in [0.1, 0.15) is 0 Å². The van der Waals surface area contributed by atoms with Crippen molar-refractivity contribution in [2.75, 3.05) is 0 Å². The third-order valence-corrected chi connectivity index (χ3v) is 8.44. The zero-order valence-electron chi connectivity index (χ0n) is 25.6. The monoisotopic (exact) mass is 615 g/mol. The Hall–Kier alpha value is -6.73. The quantitative estimate of drug-likeness (QED) is 0.178. The van der Waals surface area contributed by atoms with Gasteiger partial charge in [0.2, 0.25) is 0 Å². The Kier molecular flexibility index (Phi) is 6.64. The van der Waals surface area contributed by atoms with E-state index in [1.807, 2.05) is 66.7 Å². The fourth-order valence-corrected chi connectivity index (χ4v) is 6.06. The maximum atomic E-state index is 5.17. The van der Waals surface area contributed by atoms with E-state index in [1.54, 1.807) is 18.6 Å². The molecule has 0 saturated carbocycles. The molecule has 48 heavy (non-hydrogen) atoms. The fourth-order valence-electron chi connectivity index (χ4n) is 6.06. The van der Waals surface area contributed by atoms with E-state index >= 15 is 0 Å². The molecule has 7 nitrogen and oxygen atoms in total. The fraction of sp³-hybridized carbons (Fsp3) is 0. The van der Waals surface area contributed by atoms with Gasteiger partial charge in [-0.05, 0) is 77.9 Å². The van der Waals surface area contributed by atoms with Gasteiger partial charge in [-0.2, -0.15) is 0 Å². The van der Waals surface area contributed by atoms with Gasteiger partial charge < -0.3 is 0 Å². The van der Waals surface area contributed by atoms with Crippen LogP contribution in [0.3, 0.4) is 0 Å². The molecule has 0 aliphatic heterocycles. The minimum Gasteiger partial charge on any atom is -0.255 e. The Balaban J connectivity index is 1.15. The summed E-state index contributed by atoms with van der Waals surface area (Å²) in [5.41, 5.74) is 10.4. The summed E-state index contributed by atoms with van der Waals surface area (Å²) in [6.45, 7) is 0. The van der Waals surface area contributed by atoms with E-state index in [9.17, 15) is 0 Å². The summed E-state index contributed by atoms with van der Waals surface area (Å²) >= 11 is 0. The summed E-state index contributed by atoms with van der Waals surface area (Å²) in [6.07, 6.45) is 5.32. The normalized spacial score (nSPS) is 11.3. The lowest BCUT2D eigenvalue weighted by Gasteiger charge is -2.11. The van der Waals surface area contributed by atoms with Crippen LogP contribution in [-0.2, 0) is 0 Å². The number of hydrogen-bond donors (Lipinski definition) is 0. The van der Waals surface area contributed by atoms with Gasteiger partial charge in [0, 0.05) is 40.3 Å². The first-order valence-corrected chi connectivity index (χ1v) is 15.6. The van der Waals surface area contributed by atoms with Gasteiger partial charge in [-0.3, -0.25) is 15.0 Å². The van der Waals surface area contributed by atoms with Crippen LogP contribution in [0.2, 0.25) is 0 Å². The van der Waals surface area contributed by atoms with Crippen molar-refractivity contribution in [1.82, 2.24) is 34.9 Å². The number of nitrogens with zero attached hydrogens (tertiary/aromatic N) is 7. The molecular weight excluding hydrogens is 591 g/mol. The standard InChI is InChI=1S/C41H25N7/c1-4-21-42-34(10-1)35-20-16-27-14-13-26-15-18-32(45-38(26)39(27)46-35)30-9-7-8-28(24-30)29-17-19-33-31(25-29)40(36-11-2-5-22-43-36)48-41(47-33)37-12-3-6-23-44-37/h1-25H. The van der Waals surface area contributed by atoms with Gasteiger partial charge in [-0.25, -0.2) is 19.9 Å². The van der Waals surface area contributed by atoms with E-state index < -0.39 is 0 Å². The summed E-state index contributed by atoms with van der Waals surface area (Å²) < 4.78 is 0. The molecule has 0 unspecified atom stereocenters. The molecule has 0 radical (unpaired) electrons. The maximum Gasteiger partial charge on any atom is 0.179 e. The lowest BCUT2D eigenvalue weighted by atomic mass is 9.98. The minimum atomic E-state index is 0.565. The van der Waals surface area contributed by atoms with Gasteiger partial charge in [-0.15, -0.1) is 0 Å². The molecule has 3 aromatic carbocycles. The van der Waals surface area contributed by atoms with Crippen LogP contribution < -0.4 is 0 Å². The summed E-state index contributed by atoms with van der Waals surface area (Å²) in [4.78, 5) is 33.7. The van der Waals surface area contributed by atoms with Crippen LogP contribution in [0.15, 0.2) is 152 Å². The van der Waals surface area contributed by atoms with Crippen molar-refractivity contribution in [1.29, 1.82) is 0 Å². The van der Waals surface area contributed by atoms with Crippen LogP contribution in [0.4, 0.5) is 0 Å². The molecule has 0 atom stereocenters. The van der Waals surface area contributed by atoms with Crippen LogP contribution in [-0.4, -0.2) is 34.9 Å². The Bertz CT molecular complexity index is 2610. The molecule has 0 N–H and O–H groups in total. The molecule has 0 fully saturated rings. The SMILES string of the molecule is c1ccc(-c2ccc3ccc4ccc(-c5cccc(-c6ccc7nc(-c8ccccn8)nc(-c8ccccn8)c7c6)c5)nc4c3n2)nc1. The maximum absolute atomic E-state index is 5.17. The molecule has 9 rings (SSSR count). The van der Waals surface area contributed by atoms with E-state index in [1.165, 1.54) is 0 Å². The number of fused-ring (bicyclic) bond motifs is 4. The van der Waals surface area contributed by atoms with Crippen LogP contribution in [0.5, 0.6) is 0 Å². The second-order valence-electron chi connectivity index (χ2n) is 11.5. The average Bonchev–Trinajstić information content (AvgIpc) is 3.18. The van der Waals surface area contributed by atoms with Gasteiger partial charge >= 0.3 is 0 Å². The Labute approximate surface area is 275 Å². The third kappa shape index (κ3) is 5.00. The summed E-state index contributed by atoms with van der Waals surface area (Å²) in [6, 6.07) is 44.7. The molecule has 0 saturated heterocycles. The van der Waals surface area contributed by atoms with E-state index in [2.05, 4.69) is 81.7 Å². The molecular formula is C41H25N7. The van der Waals surface area contributed by atoms with Crippen molar-refractivity contribution >= 4 is 32.7 Å². The van der Waals surface area contributed by atoms with E-state index in [0.29, 0.717) is 11.5 Å². The van der Waals surface area contributed by atoms with Crippen LogP contribution >= 0.6 is 0 Å². The highest BCUT2D eigenvalue weighted by molar-refractivity contribution is 6.04. The van der Waals surface area contributed by atoms with E-state index in [4.69, 9.17) is 19.9 Å². The van der Waals surface area contributed by atoms with Crippen molar-refractivity contribution in [2.45, 2.75) is 0 Å². The topological polar surface area (TPSA) is 90.2 Å². The zero-order chi connectivity index (χ0) is 31.9. The second kappa shape index (κ2) is 11.6. The van der Waals surface area contributed by atoms with Gasteiger partial charge in [0.15, 0.2) is 5.82 Å².